The van der Waals surface area contributed by atoms with E-state index in [0.717, 1.165) is 64.4 Å². The number of hydrogen-bond donors (Lipinski definition) is 1. The van der Waals surface area contributed by atoms with Crippen LogP contribution >= 0.6 is 0 Å². The first-order valence-corrected chi connectivity index (χ1v) is 12.7. The molecule has 3 aromatic carbocycles. The third-order valence-electron chi connectivity index (χ3n) is 6.27. The lowest BCUT2D eigenvalue weighted by atomic mass is 10.1. The Kier molecular flexibility index (Phi) is 8.62. The number of ether oxygens (including phenoxy) is 2. The summed E-state index contributed by atoms with van der Waals surface area (Å²) in [4.78, 5) is 17.6. The van der Waals surface area contributed by atoms with E-state index in [9.17, 15) is 4.79 Å². The van der Waals surface area contributed by atoms with Crippen molar-refractivity contribution in [2.24, 2.45) is 0 Å². The Hall–Kier alpha value is -4.06. The molecule has 6 heteroatoms. The molecule has 6 nitrogen and oxygen atoms in total. The van der Waals surface area contributed by atoms with Crippen LogP contribution in [0.1, 0.15) is 41.9 Å². The molecule has 1 atom stereocenters. The summed E-state index contributed by atoms with van der Waals surface area (Å²) in [5.41, 5.74) is 5.17. The van der Waals surface area contributed by atoms with Crippen molar-refractivity contribution >= 4 is 16.9 Å². The summed E-state index contributed by atoms with van der Waals surface area (Å²) < 4.78 is 14.1. The fourth-order valence-electron chi connectivity index (χ4n) is 4.39. The lowest BCUT2D eigenvalue weighted by Gasteiger charge is -2.17. The first-order chi connectivity index (χ1) is 18.0. The van der Waals surface area contributed by atoms with Gasteiger partial charge in [0, 0.05) is 6.54 Å². The molecule has 192 valence electrons. The van der Waals surface area contributed by atoms with Gasteiger partial charge in [-0.05, 0) is 74.6 Å². The zero-order valence-electron chi connectivity index (χ0n) is 21.9. The van der Waals surface area contributed by atoms with Gasteiger partial charge in [0.15, 0.2) is 6.61 Å². The highest BCUT2D eigenvalue weighted by molar-refractivity contribution is 5.79. The fraction of sp³-hybridized carbons (Fsp3) is 0.290. The van der Waals surface area contributed by atoms with E-state index in [2.05, 4.69) is 28.6 Å². The van der Waals surface area contributed by atoms with Gasteiger partial charge in [0.1, 0.15) is 17.3 Å². The Morgan fingerprint density at radius 3 is 2.68 bits per heavy atom. The smallest absolute Gasteiger partial charge is 0.258 e. The summed E-state index contributed by atoms with van der Waals surface area (Å²) in [5, 5.41) is 3.05. The molecule has 4 aromatic rings. The van der Waals surface area contributed by atoms with Gasteiger partial charge in [-0.25, -0.2) is 4.98 Å². The van der Waals surface area contributed by atoms with Crippen LogP contribution in [0.25, 0.3) is 11.0 Å². The molecule has 0 fully saturated rings. The van der Waals surface area contributed by atoms with E-state index >= 15 is 0 Å². The Balaban J connectivity index is 1.40. The molecule has 0 saturated heterocycles. The number of aromatic nitrogens is 2. The van der Waals surface area contributed by atoms with Gasteiger partial charge in [0.2, 0.25) is 0 Å². The zero-order chi connectivity index (χ0) is 26.2. The summed E-state index contributed by atoms with van der Waals surface area (Å²) in [6.07, 6.45) is 3.46. The van der Waals surface area contributed by atoms with Crippen molar-refractivity contribution in [1.29, 1.82) is 0 Å². The molecular weight excluding hydrogens is 462 g/mol. The van der Waals surface area contributed by atoms with Crippen molar-refractivity contribution in [3.05, 3.63) is 102 Å². The van der Waals surface area contributed by atoms with Crippen LogP contribution in [0.3, 0.4) is 0 Å². The number of carbonyl (C=O) groups is 1. The number of benzene rings is 3. The summed E-state index contributed by atoms with van der Waals surface area (Å²) in [6, 6.07) is 21.8. The van der Waals surface area contributed by atoms with Gasteiger partial charge in [-0.1, -0.05) is 48.5 Å². The fourth-order valence-corrected chi connectivity index (χ4v) is 4.39. The van der Waals surface area contributed by atoms with Crippen LogP contribution in [-0.4, -0.2) is 28.7 Å². The minimum absolute atomic E-state index is 0.0488. The van der Waals surface area contributed by atoms with Gasteiger partial charge in [0.25, 0.3) is 5.91 Å². The molecule has 0 radical (unpaired) electrons. The topological polar surface area (TPSA) is 65.4 Å². The Morgan fingerprint density at radius 2 is 1.84 bits per heavy atom. The lowest BCUT2D eigenvalue weighted by Crippen LogP contribution is -2.32. The van der Waals surface area contributed by atoms with Crippen LogP contribution < -0.4 is 14.8 Å². The Labute approximate surface area is 218 Å². The second-order valence-corrected chi connectivity index (χ2v) is 9.26. The number of rotatable bonds is 12. The highest BCUT2D eigenvalue weighted by Crippen LogP contribution is 2.23. The zero-order valence-corrected chi connectivity index (χ0v) is 21.9. The van der Waals surface area contributed by atoms with E-state index in [-0.39, 0.29) is 18.6 Å². The minimum atomic E-state index is -0.281. The molecule has 0 spiro atoms. The molecule has 37 heavy (non-hydrogen) atoms. The van der Waals surface area contributed by atoms with Crippen molar-refractivity contribution in [1.82, 2.24) is 14.9 Å². The second kappa shape index (κ2) is 12.3. The van der Waals surface area contributed by atoms with Crippen LogP contribution in [-0.2, 0) is 17.8 Å². The number of nitrogens with one attached hydrogen (secondary N) is 1. The normalized spacial score (nSPS) is 11.8. The molecule has 0 aliphatic carbocycles. The van der Waals surface area contributed by atoms with Gasteiger partial charge < -0.3 is 19.4 Å². The van der Waals surface area contributed by atoms with Crippen LogP contribution in [0.15, 0.2) is 79.4 Å². The van der Waals surface area contributed by atoms with Crippen LogP contribution in [0, 0.1) is 13.8 Å². The van der Waals surface area contributed by atoms with Crippen molar-refractivity contribution in [2.75, 3.05) is 13.2 Å². The number of amides is 1. The Bertz CT molecular complexity index is 1380. The predicted octanol–water partition coefficient (Wildman–Crippen LogP) is 6.11. The number of carbonyl (C=O) groups excluding carboxylic acids is 1. The maximum absolute atomic E-state index is 12.7. The first kappa shape index (κ1) is 26.0. The molecule has 0 aliphatic heterocycles. The average molecular weight is 498 g/mol. The molecule has 0 saturated carbocycles. The predicted molar refractivity (Wildman–Crippen MR) is 148 cm³/mol. The van der Waals surface area contributed by atoms with E-state index < -0.39 is 0 Å². The van der Waals surface area contributed by atoms with Crippen molar-refractivity contribution in [2.45, 2.75) is 46.2 Å². The number of imidazole rings is 1. The van der Waals surface area contributed by atoms with E-state index in [0.29, 0.717) is 6.61 Å². The largest absolute Gasteiger partial charge is 0.493 e. The summed E-state index contributed by atoms with van der Waals surface area (Å²) >= 11 is 0. The van der Waals surface area contributed by atoms with E-state index in [1.807, 2.05) is 81.4 Å². The number of aryl methyl sites for hydroxylation is 3. The van der Waals surface area contributed by atoms with Crippen molar-refractivity contribution in [3.8, 4) is 11.5 Å². The summed E-state index contributed by atoms with van der Waals surface area (Å²) in [7, 11) is 0. The third kappa shape index (κ3) is 6.58. The maximum Gasteiger partial charge on any atom is 0.258 e. The molecular formula is C31H35N3O3. The molecule has 1 unspecified atom stereocenters. The SMILES string of the molecule is C=CCc1ccccc1OCCCn1c(C(C)NC(=O)COc2cc(C)ccc2C)nc2ccccc21. The molecule has 1 N–H and O–H groups in total. The number of para-hydroxylation sites is 3. The number of fused-ring (bicyclic) bond motifs is 1. The minimum Gasteiger partial charge on any atom is -0.493 e. The van der Waals surface area contributed by atoms with E-state index in [1.54, 1.807) is 0 Å². The van der Waals surface area contributed by atoms with Gasteiger partial charge in [0.05, 0.1) is 23.7 Å². The average Bonchev–Trinajstić information content (AvgIpc) is 3.27. The van der Waals surface area contributed by atoms with Crippen molar-refractivity contribution < 1.29 is 14.3 Å². The monoisotopic (exact) mass is 497 g/mol. The molecule has 1 heterocycles. The van der Waals surface area contributed by atoms with Crippen LogP contribution in [0.2, 0.25) is 0 Å². The van der Waals surface area contributed by atoms with Crippen LogP contribution in [0.4, 0.5) is 0 Å². The molecule has 0 aliphatic rings. The van der Waals surface area contributed by atoms with Gasteiger partial charge >= 0.3 is 0 Å². The number of hydrogen-bond acceptors (Lipinski definition) is 4. The van der Waals surface area contributed by atoms with E-state index in [4.69, 9.17) is 14.5 Å². The Morgan fingerprint density at radius 1 is 1.05 bits per heavy atom. The highest BCUT2D eigenvalue weighted by Gasteiger charge is 2.19. The quantitative estimate of drug-likeness (QED) is 0.190. The number of nitrogens with zero attached hydrogens (tertiary/aromatic N) is 2. The van der Waals surface area contributed by atoms with Crippen LogP contribution in [0.5, 0.6) is 11.5 Å². The van der Waals surface area contributed by atoms with Gasteiger partial charge in [-0.3, -0.25) is 4.79 Å². The lowest BCUT2D eigenvalue weighted by molar-refractivity contribution is -0.123. The summed E-state index contributed by atoms with van der Waals surface area (Å²) in [5.74, 6) is 2.25. The summed E-state index contributed by atoms with van der Waals surface area (Å²) in [6.45, 7) is 11.0. The maximum atomic E-state index is 12.7. The van der Waals surface area contributed by atoms with Crippen molar-refractivity contribution in [3.63, 3.8) is 0 Å². The molecule has 0 bridgehead atoms. The van der Waals surface area contributed by atoms with E-state index in [1.165, 1.54) is 0 Å². The second-order valence-electron chi connectivity index (χ2n) is 9.26. The standard InChI is InChI=1S/C31H35N3O3/c1-5-11-25-12-6-9-15-28(25)36-19-10-18-34-27-14-8-7-13-26(27)33-31(34)24(4)32-30(35)21-37-29-20-22(2)16-17-23(29)3/h5-9,12-17,20,24H,1,10-11,18-19,21H2,2-4H3,(H,32,35). The number of allylic oxidation sites excluding steroid dienone is 1. The third-order valence-corrected chi connectivity index (χ3v) is 6.27. The van der Waals surface area contributed by atoms with Gasteiger partial charge in [-0.2, -0.15) is 0 Å². The molecule has 1 amide bonds. The molecule has 1 aromatic heterocycles. The molecule has 4 rings (SSSR count). The van der Waals surface area contributed by atoms with Gasteiger partial charge in [-0.15, -0.1) is 6.58 Å². The highest BCUT2D eigenvalue weighted by atomic mass is 16.5. The first-order valence-electron chi connectivity index (χ1n) is 12.7.